The molecule has 116 valence electrons. The molecule has 0 saturated heterocycles. The summed E-state index contributed by atoms with van der Waals surface area (Å²) in [7, 11) is 3.62. The number of methoxy groups -OCH3 is 1. The molecule has 0 aromatic heterocycles. The van der Waals surface area contributed by atoms with E-state index in [1.54, 1.807) is 18.9 Å². The summed E-state index contributed by atoms with van der Waals surface area (Å²) in [6.07, 6.45) is 2.32. The first kappa shape index (κ1) is 16.3. The monoisotopic (exact) mass is 308 g/mol. The standard InChI is InChI=1S/C16H24N2O2S/c1-18(14-6-7-14)16(19)12-21-15-5-3-4-13(10-15)11-17-8-9-20-2/h3-5,10,14,17H,6-9,11-12H2,1-2H3. The molecule has 0 aliphatic heterocycles. The number of carbonyl (C=O) groups excluding carboxylic acids is 1. The largest absolute Gasteiger partial charge is 0.383 e. The average molecular weight is 308 g/mol. The molecule has 0 spiro atoms. The molecule has 5 heteroatoms. The summed E-state index contributed by atoms with van der Waals surface area (Å²) >= 11 is 1.62. The van der Waals surface area contributed by atoms with E-state index in [4.69, 9.17) is 4.74 Å². The number of nitrogens with zero attached hydrogens (tertiary/aromatic N) is 1. The van der Waals surface area contributed by atoms with Gasteiger partial charge >= 0.3 is 0 Å². The third kappa shape index (κ3) is 5.69. The lowest BCUT2D eigenvalue weighted by Gasteiger charge is -2.15. The first-order chi connectivity index (χ1) is 10.2. The van der Waals surface area contributed by atoms with Crippen LogP contribution >= 0.6 is 11.8 Å². The highest BCUT2D eigenvalue weighted by atomic mass is 32.2. The van der Waals surface area contributed by atoms with Crippen molar-refractivity contribution in [2.24, 2.45) is 0 Å². The lowest BCUT2D eigenvalue weighted by molar-refractivity contribution is -0.127. The zero-order valence-corrected chi connectivity index (χ0v) is 13.6. The third-order valence-corrected chi connectivity index (χ3v) is 4.54. The summed E-state index contributed by atoms with van der Waals surface area (Å²) in [5.74, 6) is 0.749. The zero-order valence-electron chi connectivity index (χ0n) is 12.8. The molecule has 1 N–H and O–H groups in total. The Morgan fingerprint density at radius 2 is 2.29 bits per heavy atom. The summed E-state index contributed by atoms with van der Waals surface area (Å²) in [5.41, 5.74) is 1.24. The lowest BCUT2D eigenvalue weighted by atomic mass is 10.2. The molecule has 1 aromatic carbocycles. The molecule has 0 atom stereocenters. The van der Waals surface area contributed by atoms with Gasteiger partial charge in [-0.15, -0.1) is 11.8 Å². The molecule has 1 aromatic rings. The Balaban J connectivity index is 1.76. The van der Waals surface area contributed by atoms with E-state index in [-0.39, 0.29) is 5.91 Å². The van der Waals surface area contributed by atoms with E-state index in [0.29, 0.717) is 11.8 Å². The van der Waals surface area contributed by atoms with Crippen LogP contribution in [-0.2, 0) is 16.1 Å². The fourth-order valence-electron chi connectivity index (χ4n) is 2.06. The molecule has 21 heavy (non-hydrogen) atoms. The fraction of sp³-hybridized carbons (Fsp3) is 0.562. The number of amides is 1. The quantitative estimate of drug-likeness (QED) is 0.560. The van der Waals surface area contributed by atoms with Crippen LogP contribution in [0.15, 0.2) is 29.2 Å². The summed E-state index contributed by atoms with van der Waals surface area (Å²) < 4.78 is 5.01. The maximum absolute atomic E-state index is 12.0. The zero-order chi connectivity index (χ0) is 15.1. The van der Waals surface area contributed by atoms with E-state index in [2.05, 4.69) is 23.5 Å². The summed E-state index contributed by atoms with van der Waals surface area (Å²) in [6, 6.07) is 8.85. The Hall–Kier alpha value is -1.04. The van der Waals surface area contributed by atoms with Gasteiger partial charge in [-0.2, -0.15) is 0 Å². The number of nitrogens with one attached hydrogen (secondary N) is 1. The minimum Gasteiger partial charge on any atom is -0.383 e. The van der Waals surface area contributed by atoms with Gasteiger partial charge in [0.25, 0.3) is 0 Å². The molecular formula is C16H24N2O2S. The lowest BCUT2D eigenvalue weighted by Crippen LogP contribution is -2.30. The second-order valence-corrected chi connectivity index (χ2v) is 6.39. The van der Waals surface area contributed by atoms with Gasteiger partial charge in [-0.3, -0.25) is 4.79 Å². The molecule has 4 nitrogen and oxygen atoms in total. The highest BCUT2D eigenvalue weighted by Crippen LogP contribution is 2.27. The van der Waals surface area contributed by atoms with Crippen LogP contribution in [0.25, 0.3) is 0 Å². The van der Waals surface area contributed by atoms with E-state index in [1.165, 1.54) is 5.56 Å². The second-order valence-electron chi connectivity index (χ2n) is 5.34. The number of hydrogen-bond acceptors (Lipinski definition) is 4. The van der Waals surface area contributed by atoms with Gasteiger partial charge in [0.1, 0.15) is 0 Å². The van der Waals surface area contributed by atoms with E-state index in [9.17, 15) is 4.79 Å². The van der Waals surface area contributed by atoms with Gasteiger partial charge in [-0.25, -0.2) is 0 Å². The number of thioether (sulfide) groups is 1. The van der Waals surface area contributed by atoms with Crippen molar-refractivity contribution in [1.29, 1.82) is 0 Å². The Bertz CT molecular complexity index is 463. The smallest absolute Gasteiger partial charge is 0.232 e. The normalized spacial score (nSPS) is 14.2. The van der Waals surface area contributed by atoms with Gasteiger partial charge in [0.15, 0.2) is 0 Å². The predicted molar refractivity (Wildman–Crippen MR) is 86.5 cm³/mol. The molecule has 0 unspecified atom stereocenters. The minimum atomic E-state index is 0.228. The van der Waals surface area contributed by atoms with Crippen LogP contribution < -0.4 is 5.32 Å². The van der Waals surface area contributed by atoms with Crippen molar-refractivity contribution in [2.45, 2.75) is 30.3 Å². The van der Waals surface area contributed by atoms with E-state index in [0.717, 1.165) is 37.4 Å². The molecular weight excluding hydrogens is 284 g/mol. The summed E-state index contributed by atoms with van der Waals surface area (Å²) in [4.78, 5) is 15.0. The molecule has 1 fully saturated rings. The molecule has 0 radical (unpaired) electrons. The first-order valence-corrected chi connectivity index (χ1v) is 8.36. The first-order valence-electron chi connectivity index (χ1n) is 7.37. The summed E-state index contributed by atoms with van der Waals surface area (Å²) in [5, 5.41) is 3.33. The van der Waals surface area contributed by atoms with E-state index < -0.39 is 0 Å². The minimum absolute atomic E-state index is 0.228. The van der Waals surface area contributed by atoms with Crippen molar-refractivity contribution >= 4 is 17.7 Å². The average Bonchev–Trinajstić information content (AvgIpc) is 3.34. The number of hydrogen-bond donors (Lipinski definition) is 1. The second kappa shape index (κ2) is 8.41. The van der Waals surface area contributed by atoms with Crippen molar-refractivity contribution in [3.05, 3.63) is 29.8 Å². The van der Waals surface area contributed by atoms with Crippen LogP contribution in [0.1, 0.15) is 18.4 Å². The van der Waals surface area contributed by atoms with Crippen LogP contribution in [0.2, 0.25) is 0 Å². The highest BCUT2D eigenvalue weighted by Gasteiger charge is 2.29. The Labute approximate surface area is 131 Å². The maximum atomic E-state index is 12.0. The highest BCUT2D eigenvalue weighted by molar-refractivity contribution is 8.00. The molecule has 2 rings (SSSR count). The van der Waals surface area contributed by atoms with Crippen LogP contribution in [0, 0.1) is 0 Å². The molecule has 1 saturated carbocycles. The third-order valence-electron chi connectivity index (χ3n) is 3.56. The van der Waals surface area contributed by atoms with Crippen molar-refractivity contribution in [1.82, 2.24) is 10.2 Å². The summed E-state index contributed by atoms with van der Waals surface area (Å²) in [6.45, 7) is 2.39. The van der Waals surface area contributed by atoms with Gasteiger partial charge in [-0.1, -0.05) is 12.1 Å². The molecule has 1 aliphatic rings. The maximum Gasteiger partial charge on any atom is 0.232 e. The number of carbonyl (C=O) groups is 1. The van der Waals surface area contributed by atoms with Crippen molar-refractivity contribution in [3.8, 4) is 0 Å². The Morgan fingerprint density at radius 1 is 1.48 bits per heavy atom. The van der Waals surface area contributed by atoms with E-state index >= 15 is 0 Å². The van der Waals surface area contributed by atoms with Crippen LogP contribution in [0.3, 0.4) is 0 Å². The van der Waals surface area contributed by atoms with Gasteiger partial charge < -0.3 is 15.0 Å². The van der Waals surface area contributed by atoms with Gasteiger partial charge in [0, 0.05) is 38.2 Å². The molecule has 1 aliphatic carbocycles. The molecule has 0 heterocycles. The van der Waals surface area contributed by atoms with Crippen molar-refractivity contribution in [2.75, 3.05) is 33.1 Å². The van der Waals surface area contributed by atoms with Gasteiger partial charge in [0.2, 0.25) is 5.91 Å². The SMILES string of the molecule is COCCNCc1cccc(SCC(=O)N(C)C2CC2)c1. The predicted octanol–water partition coefficient (Wildman–Crippen LogP) is 2.14. The topological polar surface area (TPSA) is 41.6 Å². The van der Waals surface area contributed by atoms with E-state index in [1.807, 2.05) is 18.0 Å². The van der Waals surface area contributed by atoms with Crippen LogP contribution in [0.5, 0.6) is 0 Å². The Kier molecular flexibility index (Phi) is 6.54. The van der Waals surface area contributed by atoms with Gasteiger partial charge in [-0.05, 0) is 30.5 Å². The number of ether oxygens (including phenoxy) is 1. The van der Waals surface area contributed by atoms with Crippen LogP contribution in [-0.4, -0.2) is 49.9 Å². The van der Waals surface area contributed by atoms with Crippen molar-refractivity contribution in [3.63, 3.8) is 0 Å². The molecule has 0 bridgehead atoms. The number of rotatable bonds is 9. The Morgan fingerprint density at radius 3 is 3.00 bits per heavy atom. The van der Waals surface area contributed by atoms with Crippen LogP contribution in [0.4, 0.5) is 0 Å². The van der Waals surface area contributed by atoms with Gasteiger partial charge in [0.05, 0.1) is 12.4 Å². The van der Waals surface area contributed by atoms with Crippen molar-refractivity contribution < 1.29 is 9.53 Å². The number of benzene rings is 1. The fourth-order valence-corrected chi connectivity index (χ4v) is 2.97. The molecule has 1 amide bonds.